The molecule has 0 heterocycles. The van der Waals surface area contributed by atoms with Crippen molar-refractivity contribution < 1.29 is 15.6 Å². The predicted octanol–water partition coefficient (Wildman–Crippen LogP) is 4.94. The predicted molar refractivity (Wildman–Crippen MR) is 93.1 cm³/mol. The third kappa shape index (κ3) is 5.31. The molecule has 4 nitrogen and oxygen atoms in total. The number of methoxy groups -OCH3 is 1. The summed E-state index contributed by atoms with van der Waals surface area (Å²) >= 11 is 0. The summed E-state index contributed by atoms with van der Waals surface area (Å²) in [6, 6.07) is 7.14. The average Bonchev–Trinajstić information content (AvgIpc) is 2.55. The first kappa shape index (κ1) is 15.9. The molecule has 0 spiro atoms. The fourth-order valence-corrected chi connectivity index (χ4v) is 2.43. The van der Waals surface area contributed by atoms with E-state index in [-0.39, 0.29) is 0 Å². The summed E-state index contributed by atoms with van der Waals surface area (Å²) < 4.78 is 19.3. The molecule has 4 heteroatoms. The van der Waals surface area contributed by atoms with Gasteiger partial charge in [0.05, 0.1) is 15.0 Å². The average molecular weight is 318 g/mol. The van der Waals surface area contributed by atoms with Crippen LogP contribution in [0.4, 0.5) is 10.5 Å². The Kier molecular flexibility index (Phi) is 5.21. The van der Waals surface area contributed by atoms with Gasteiger partial charge in [-0.2, -0.15) is 0 Å². The molecule has 2 rings (SSSR count). The van der Waals surface area contributed by atoms with Crippen LogP contribution in [0.25, 0.3) is 0 Å². The summed E-state index contributed by atoms with van der Waals surface area (Å²) in [5, 5.41) is 0. The molecule has 1 aromatic rings. The zero-order valence-corrected chi connectivity index (χ0v) is 14.5. The van der Waals surface area contributed by atoms with Gasteiger partial charge in [-0.15, -0.1) is 0 Å². The van der Waals surface area contributed by atoms with Gasteiger partial charge in [-0.1, -0.05) is 11.6 Å². The Balaban J connectivity index is 2.32. The van der Waals surface area contributed by atoms with Gasteiger partial charge < -0.3 is 9.47 Å². The fraction of sp³-hybridized carbons (Fsp3) is 0.526. The van der Waals surface area contributed by atoms with Gasteiger partial charge in [-0.3, -0.25) is 4.90 Å². The molecular weight excluding hydrogens is 290 g/mol. The smallest absolute Gasteiger partial charge is 0.415 e. The van der Waals surface area contributed by atoms with E-state index in [1.165, 1.54) is 4.90 Å². The normalized spacial score (nSPS) is 16.9. The molecule has 0 saturated heterocycles. The van der Waals surface area contributed by atoms with Gasteiger partial charge in [0, 0.05) is 5.69 Å². The first-order valence-electron chi connectivity index (χ1n) is 8.67. The number of anilines is 1. The molecule has 0 aliphatic heterocycles. The van der Waals surface area contributed by atoms with Crippen LogP contribution in [-0.4, -0.2) is 25.3 Å². The third-order valence-corrected chi connectivity index (χ3v) is 3.56. The van der Waals surface area contributed by atoms with Gasteiger partial charge in [-0.25, -0.2) is 4.79 Å². The van der Waals surface area contributed by atoms with Crippen LogP contribution >= 0.6 is 0 Å². The number of carbonyl (C=O) groups is 1. The lowest BCUT2D eigenvalue weighted by atomic mass is 9.99. The maximum atomic E-state index is 12.7. The Hall–Kier alpha value is -1.97. The van der Waals surface area contributed by atoms with Crippen LogP contribution in [0.1, 0.15) is 47.8 Å². The molecule has 0 radical (unpaired) electrons. The number of ether oxygens (including phenoxy) is 2. The Bertz CT molecular complexity index is 590. The highest BCUT2D eigenvalue weighted by atomic mass is 16.6. The quantitative estimate of drug-likeness (QED) is 0.738. The third-order valence-electron chi connectivity index (χ3n) is 3.56. The molecule has 0 N–H and O–H groups in total. The Morgan fingerprint density at radius 2 is 1.96 bits per heavy atom. The van der Waals surface area contributed by atoms with Crippen molar-refractivity contribution in [2.75, 3.05) is 18.5 Å². The van der Waals surface area contributed by atoms with Gasteiger partial charge in [0.2, 0.25) is 0 Å². The van der Waals surface area contributed by atoms with Crippen molar-refractivity contribution in [3.05, 3.63) is 35.9 Å². The summed E-state index contributed by atoms with van der Waals surface area (Å²) in [5.41, 5.74) is 1.00. The minimum Gasteiger partial charge on any atom is -0.497 e. The zero-order valence-electron chi connectivity index (χ0n) is 15.5. The van der Waals surface area contributed by atoms with Crippen molar-refractivity contribution in [2.24, 2.45) is 0 Å². The fourth-order valence-electron chi connectivity index (χ4n) is 2.43. The van der Waals surface area contributed by atoms with Crippen LogP contribution in [-0.2, 0) is 4.74 Å². The Labute approximate surface area is 140 Å². The van der Waals surface area contributed by atoms with Crippen LogP contribution < -0.4 is 9.64 Å². The van der Waals surface area contributed by atoms with Gasteiger partial charge in [0.25, 0.3) is 0 Å². The highest BCUT2D eigenvalue weighted by Crippen LogP contribution is 2.25. The molecule has 1 aromatic carbocycles. The Morgan fingerprint density at radius 3 is 2.48 bits per heavy atom. The van der Waals surface area contributed by atoms with Crippen LogP contribution in [0.3, 0.4) is 0 Å². The van der Waals surface area contributed by atoms with Crippen molar-refractivity contribution in [2.45, 2.75) is 52.1 Å². The lowest BCUT2D eigenvalue weighted by Crippen LogP contribution is -2.38. The lowest BCUT2D eigenvalue weighted by Gasteiger charge is -2.29. The topological polar surface area (TPSA) is 38.8 Å². The number of amides is 1. The van der Waals surface area contributed by atoms with E-state index in [0.29, 0.717) is 11.4 Å². The van der Waals surface area contributed by atoms with Crippen molar-refractivity contribution in [3.8, 4) is 5.75 Å². The number of nitrogens with zero attached hydrogens (tertiary/aromatic N) is 1. The summed E-state index contributed by atoms with van der Waals surface area (Å²) in [7, 11) is 1.60. The molecule has 1 aliphatic carbocycles. The first-order chi connectivity index (χ1) is 11.3. The second-order valence-corrected chi connectivity index (χ2v) is 6.70. The molecule has 1 unspecified atom stereocenters. The number of rotatable bonds is 4. The second-order valence-electron chi connectivity index (χ2n) is 6.70. The molecule has 0 bridgehead atoms. The molecule has 1 atom stereocenters. The summed E-state index contributed by atoms with van der Waals surface area (Å²) in [6.45, 7) is 4.72. The molecule has 126 valence electrons. The number of hydrogen-bond donors (Lipinski definition) is 0. The molecule has 0 saturated carbocycles. The van der Waals surface area contributed by atoms with E-state index in [4.69, 9.17) is 10.8 Å². The van der Waals surface area contributed by atoms with Crippen molar-refractivity contribution in [3.63, 3.8) is 0 Å². The van der Waals surface area contributed by atoms with Crippen LogP contribution in [0.5, 0.6) is 5.75 Å². The van der Waals surface area contributed by atoms with Crippen LogP contribution in [0, 0.1) is 0 Å². The van der Waals surface area contributed by atoms with E-state index in [0.717, 1.165) is 31.3 Å². The van der Waals surface area contributed by atoms with Crippen LogP contribution in [0.2, 0.25) is 0 Å². The van der Waals surface area contributed by atoms with Gasteiger partial charge in [0.1, 0.15) is 11.4 Å². The number of carbonyl (C=O) groups excluding carboxylic acids is 1. The second kappa shape index (κ2) is 7.53. The molecule has 0 fully saturated rings. The largest absolute Gasteiger partial charge is 0.497 e. The summed E-state index contributed by atoms with van der Waals surface area (Å²) in [4.78, 5) is 14.1. The highest BCUT2D eigenvalue weighted by Gasteiger charge is 2.24. The van der Waals surface area contributed by atoms with Crippen molar-refractivity contribution in [1.82, 2.24) is 0 Å². The van der Waals surface area contributed by atoms with Gasteiger partial charge >= 0.3 is 6.09 Å². The number of hydrogen-bond acceptors (Lipinski definition) is 3. The molecule has 23 heavy (non-hydrogen) atoms. The maximum Gasteiger partial charge on any atom is 0.415 e. The molecule has 1 amide bonds. The minimum atomic E-state index is -0.770. The van der Waals surface area contributed by atoms with E-state index < -0.39 is 18.2 Å². The highest BCUT2D eigenvalue weighted by molar-refractivity contribution is 5.88. The van der Waals surface area contributed by atoms with Crippen molar-refractivity contribution >= 4 is 11.8 Å². The lowest BCUT2D eigenvalue weighted by molar-refractivity contribution is 0.0583. The maximum absolute atomic E-state index is 12.7. The van der Waals surface area contributed by atoms with E-state index >= 15 is 0 Å². The van der Waals surface area contributed by atoms with E-state index in [2.05, 4.69) is 6.08 Å². The number of benzene rings is 1. The first-order valence-corrected chi connectivity index (χ1v) is 8.09. The monoisotopic (exact) mass is 318 g/mol. The van der Waals surface area contributed by atoms with E-state index in [1.54, 1.807) is 31.4 Å². The molecule has 0 aromatic heterocycles. The van der Waals surface area contributed by atoms with Gasteiger partial charge in [-0.05, 0) is 70.7 Å². The van der Waals surface area contributed by atoms with Crippen molar-refractivity contribution in [1.29, 1.82) is 0 Å². The van der Waals surface area contributed by atoms with E-state index in [9.17, 15) is 4.79 Å². The number of allylic oxidation sites excluding steroid dienone is 1. The molecule has 1 aliphatic rings. The summed E-state index contributed by atoms with van der Waals surface area (Å²) in [6.07, 6.45) is 5.61. The van der Waals surface area contributed by atoms with Gasteiger partial charge in [0.15, 0.2) is 0 Å². The molecular formula is C19H27NO3. The Morgan fingerprint density at radius 1 is 1.26 bits per heavy atom. The minimum absolute atomic E-state index is 0.501. The SMILES string of the molecule is [2H]C(C1=CCCCC1)N(C(=O)OC(C)(C)C)c1ccc(OC)cc1. The standard InChI is InChI=1S/C19H27NO3/c1-19(2,3)23-18(21)20(14-15-8-6-5-7-9-15)16-10-12-17(22-4)13-11-16/h8,10-13H,5-7,9,14H2,1-4H3/i14D. The van der Waals surface area contributed by atoms with E-state index in [1.807, 2.05) is 20.8 Å². The summed E-state index contributed by atoms with van der Waals surface area (Å²) in [5.74, 6) is 0.710. The zero-order chi connectivity index (χ0) is 17.7. The van der Waals surface area contributed by atoms with Crippen LogP contribution in [0.15, 0.2) is 35.9 Å².